The lowest BCUT2D eigenvalue weighted by molar-refractivity contribution is -0.138. The summed E-state index contributed by atoms with van der Waals surface area (Å²) in [6.07, 6.45) is 21.7. The molecule has 0 aliphatic rings. The molecule has 0 spiro atoms. The maximum Gasteiger partial charge on any atom is 0.331 e. The Morgan fingerprint density at radius 1 is 0.545 bits per heavy atom. The lowest BCUT2D eigenvalue weighted by Gasteiger charge is -2.31. The fourth-order valence-electron chi connectivity index (χ4n) is 4.22. The molecule has 0 atom stereocenters. The van der Waals surface area contributed by atoms with Crippen LogP contribution in [0.4, 0.5) is 0 Å². The third kappa shape index (κ3) is 19.0. The summed E-state index contributed by atoms with van der Waals surface area (Å²) in [5.74, 6) is -0.799. The minimum atomic E-state index is -2.10. The molecule has 0 heterocycles. The molecular weight excluding hydrogens is 428 g/mol. The molecule has 0 bridgehead atoms. The van der Waals surface area contributed by atoms with Crippen LogP contribution in [0.5, 0.6) is 0 Å². The van der Waals surface area contributed by atoms with Crippen molar-refractivity contribution in [1.82, 2.24) is 0 Å². The van der Waals surface area contributed by atoms with Crippen LogP contribution in [0.1, 0.15) is 130 Å². The molecule has 5 heteroatoms. The van der Waals surface area contributed by atoms with Crippen LogP contribution in [-0.2, 0) is 18.8 Å². The van der Waals surface area contributed by atoms with Gasteiger partial charge in [0.2, 0.25) is 0 Å². The van der Waals surface area contributed by atoms with Crippen molar-refractivity contribution in [3.05, 3.63) is 12.2 Å². The van der Waals surface area contributed by atoms with E-state index in [1.54, 1.807) is 0 Å². The molecule has 0 unspecified atom stereocenters. The van der Waals surface area contributed by atoms with E-state index in [4.69, 9.17) is 9.16 Å². The van der Waals surface area contributed by atoms with Crippen molar-refractivity contribution in [2.75, 3.05) is 6.61 Å². The molecule has 0 amide bonds. The van der Waals surface area contributed by atoms with Gasteiger partial charge in [-0.05, 0) is 24.6 Å². The van der Waals surface area contributed by atoms with Gasteiger partial charge in [0.15, 0.2) is 0 Å². The Labute approximate surface area is 206 Å². The minimum Gasteiger partial charge on any atom is -0.516 e. The highest BCUT2D eigenvalue weighted by Crippen LogP contribution is 2.30. The van der Waals surface area contributed by atoms with Crippen molar-refractivity contribution in [1.29, 1.82) is 0 Å². The number of ether oxygens (including phenoxy) is 1. The van der Waals surface area contributed by atoms with Gasteiger partial charge in [-0.15, -0.1) is 0 Å². The fraction of sp³-hybridized carbons (Fsp3) is 0.857. The van der Waals surface area contributed by atoms with Crippen LogP contribution in [-0.4, -0.2) is 26.9 Å². The number of hydrogen-bond donors (Lipinski definition) is 0. The molecule has 0 rings (SSSR count). The molecule has 0 aromatic carbocycles. The Morgan fingerprint density at radius 2 is 0.939 bits per heavy atom. The molecule has 0 aliphatic heterocycles. The third-order valence-electron chi connectivity index (χ3n) is 6.37. The second kappa shape index (κ2) is 22.7. The Kier molecular flexibility index (Phi) is 21.9. The molecule has 0 fully saturated rings. The topological polar surface area (TPSA) is 52.6 Å². The van der Waals surface area contributed by atoms with Crippen molar-refractivity contribution in [3.63, 3.8) is 0 Å². The highest BCUT2D eigenvalue weighted by atomic mass is 28.4. The molecule has 0 aromatic rings. The summed E-state index contributed by atoms with van der Waals surface area (Å²) in [5, 5.41) is 0. The molecule has 0 aromatic heterocycles. The number of carbonyl (C=O) groups is 2. The molecule has 33 heavy (non-hydrogen) atoms. The van der Waals surface area contributed by atoms with Gasteiger partial charge in [0.05, 0.1) is 6.61 Å². The summed E-state index contributed by atoms with van der Waals surface area (Å²) in [5.41, 5.74) is 0. The van der Waals surface area contributed by atoms with Gasteiger partial charge >= 0.3 is 11.9 Å². The molecule has 0 radical (unpaired) electrons. The first-order chi connectivity index (χ1) is 16.0. The highest BCUT2D eigenvalue weighted by molar-refractivity contribution is 6.75. The molecule has 0 N–H and O–H groups in total. The van der Waals surface area contributed by atoms with E-state index in [1.165, 1.54) is 63.5 Å². The zero-order chi connectivity index (χ0) is 24.6. The highest BCUT2D eigenvalue weighted by Gasteiger charge is 2.36. The summed E-state index contributed by atoms with van der Waals surface area (Å²) in [6.45, 7) is 9.23. The van der Waals surface area contributed by atoms with Gasteiger partial charge in [-0.3, -0.25) is 0 Å². The molecule has 0 aliphatic carbocycles. The van der Waals surface area contributed by atoms with Gasteiger partial charge in [0, 0.05) is 12.2 Å². The van der Waals surface area contributed by atoms with Gasteiger partial charge in [0.25, 0.3) is 8.32 Å². The molecule has 0 saturated carbocycles. The normalized spacial score (nSPS) is 11.8. The second-order valence-corrected chi connectivity index (χ2v) is 13.7. The van der Waals surface area contributed by atoms with E-state index in [2.05, 4.69) is 27.7 Å². The maximum atomic E-state index is 12.5. The van der Waals surface area contributed by atoms with Crippen LogP contribution in [0, 0.1) is 0 Å². The lowest BCUT2D eigenvalue weighted by Crippen LogP contribution is -2.40. The van der Waals surface area contributed by atoms with E-state index in [9.17, 15) is 9.59 Å². The van der Waals surface area contributed by atoms with Crippen LogP contribution in [0.25, 0.3) is 0 Å². The first kappa shape index (κ1) is 31.9. The summed E-state index contributed by atoms with van der Waals surface area (Å²) < 4.78 is 11.4. The largest absolute Gasteiger partial charge is 0.516 e. The lowest BCUT2D eigenvalue weighted by atomic mass is 10.1. The van der Waals surface area contributed by atoms with E-state index in [1.807, 2.05) is 0 Å². The van der Waals surface area contributed by atoms with Crippen LogP contribution >= 0.6 is 0 Å². The smallest absolute Gasteiger partial charge is 0.331 e. The van der Waals surface area contributed by atoms with Crippen molar-refractivity contribution < 1.29 is 18.8 Å². The summed E-state index contributed by atoms with van der Waals surface area (Å²) in [7, 11) is -2.10. The maximum absolute atomic E-state index is 12.5. The Hall–Kier alpha value is -1.10. The molecule has 4 nitrogen and oxygen atoms in total. The summed E-state index contributed by atoms with van der Waals surface area (Å²) in [4.78, 5) is 24.5. The van der Waals surface area contributed by atoms with Crippen LogP contribution in [0.3, 0.4) is 0 Å². The minimum absolute atomic E-state index is 0.360. The molecule has 0 saturated heterocycles. The van der Waals surface area contributed by atoms with Gasteiger partial charge in [-0.25, -0.2) is 9.59 Å². The summed E-state index contributed by atoms with van der Waals surface area (Å²) in [6, 6.07) is 3.10. The average molecular weight is 483 g/mol. The van der Waals surface area contributed by atoms with E-state index < -0.39 is 14.3 Å². The predicted molar refractivity (Wildman–Crippen MR) is 143 cm³/mol. The Morgan fingerprint density at radius 3 is 1.39 bits per heavy atom. The van der Waals surface area contributed by atoms with Crippen molar-refractivity contribution in [2.24, 2.45) is 0 Å². The number of hydrogen-bond acceptors (Lipinski definition) is 4. The Bertz CT molecular complexity index is 482. The monoisotopic (exact) mass is 482 g/mol. The SMILES string of the molecule is CCCCCCCCCCCCOC(=O)/C=C/C(=O)O[Si](CCCC)(CCCC)CCCC. The van der Waals surface area contributed by atoms with Crippen LogP contribution in [0.15, 0.2) is 12.2 Å². The molecule has 194 valence electrons. The van der Waals surface area contributed by atoms with Gasteiger partial charge in [0.1, 0.15) is 0 Å². The van der Waals surface area contributed by atoms with Crippen molar-refractivity contribution >= 4 is 20.3 Å². The number of esters is 1. The number of unbranched alkanes of at least 4 members (excludes halogenated alkanes) is 12. The van der Waals surface area contributed by atoms with E-state index in [0.29, 0.717) is 6.61 Å². The van der Waals surface area contributed by atoms with Gasteiger partial charge in [-0.1, -0.05) is 124 Å². The van der Waals surface area contributed by atoms with Crippen LogP contribution < -0.4 is 0 Å². The van der Waals surface area contributed by atoms with Gasteiger partial charge in [-0.2, -0.15) is 0 Å². The zero-order valence-corrected chi connectivity index (χ0v) is 23.4. The first-order valence-electron chi connectivity index (χ1n) is 14.1. The summed E-state index contributed by atoms with van der Waals surface area (Å²) >= 11 is 0. The number of carbonyl (C=O) groups excluding carboxylic acids is 2. The fourth-order valence-corrected chi connectivity index (χ4v) is 8.76. The number of rotatable bonds is 23. The average Bonchev–Trinajstić information content (AvgIpc) is 2.82. The van der Waals surface area contributed by atoms with E-state index in [0.717, 1.165) is 69.5 Å². The van der Waals surface area contributed by atoms with Crippen LogP contribution in [0.2, 0.25) is 18.1 Å². The zero-order valence-electron chi connectivity index (χ0n) is 22.4. The predicted octanol–water partition coefficient (Wildman–Crippen LogP) is 8.90. The Balaban J connectivity index is 4.24. The third-order valence-corrected chi connectivity index (χ3v) is 10.8. The van der Waals surface area contributed by atoms with E-state index in [-0.39, 0.29) is 5.97 Å². The second-order valence-electron chi connectivity index (χ2n) is 9.60. The standard InChI is InChI=1S/C28H54O4Si/c1-5-9-13-14-15-16-17-18-19-20-23-31-27(29)21-22-28(30)32-33(24-10-6-2,25-11-7-3)26-12-8-4/h21-22H,5-20,23-26H2,1-4H3/b22-21+. The van der Waals surface area contributed by atoms with Crippen molar-refractivity contribution in [3.8, 4) is 0 Å². The van der Waals surface area contributed by atoms with Gasteiger partial charge < -0.3 is 9.16 Å². The van der Waals surface area contributed by atoms with E-state index >= 15 is 0 Å². The van der Waals surface area contributed by atoms with Crippen molar-refractivity contribution in [2.45, 2.75) is 149 Å². The quantitative estimate of drug-likeness (QED) is 0.0631. The first-order valence-corrected chi connectivity index (χ1v) is 16.6. The molecular formula is C28H54O4Si.